The molecule has 0 fully saturated rings. The van der Waals surface area contributed by atoms with E-state index in [1.807, 2.05) is 50.2 Å². The molecule has 0 aromatic heterocycles. The van der Waals surface area contributed by atoms with Crippen LogP contribution in [-0.2, 0) is 4.79 Å². The van der Waals surface area contributed by atoms with Crippen LogP contribution in [-0.4, -0.2) is 25.0 Å². The predicted octanol–water partition coefficient (Wildman–Crippen LogP) is 3.71. The van der Waals surface area contributed by atoms with Crippen molar-refractivity contribution < 1.29 is 19.1 Å². The van der Waals surface area contributed by atoms with Crippen LogP contribution in [0.25, 0.3) is 10.8 Å². The monoisotopic (exact) mass is 392 g/mol. The molecule has 0 unspecified atom stereocenters. The van der Waals surface area contributed by atoms with Crippen LogP contribution in [0.1, 0.15) is 24.2 Å². The Morgan fingerprint density at radius 1 is 0.828 bits per heavy atom. The smallest absolute Gasteiger partial charge is 0.276 e. The molecule has 29 heavy (non-hydrogen) atoms. The molecule has 3 aromatic carbocycles. The molecule has 150 valence electrons. The van der Waals surface area contributed by atoms with Crippen LogP contribution in [0.15, 0.2) is 66.7 Å². The highest BCUT2D eigenvalue weighted by molar-refractivity contribution is 5.95. The van der Waals surface area contributed by atoms with Crippen molar-refractivity contribution in [3.8, 4) is 11.5 Å². The third-order valence-electron chi connectivity index (χ3n) is 4.09. The molecule has 2 amide bonds. The largest absolute Gasteiger partial charge is 0.493 e. The number of nitrogens with one attached hydrogen (secondary N) is 2. The molecule has 0 radical (unpaired) electrons. The maximum atomic E-state index is 12.2. The van der Waals surface area contributed by atoms with Gasteiger partial charge in [0.1, 0.15) is 11.5 Å². The summed E-state index contributed by atoms with van der Waals surface area (Å²) in [6.45, 7) is 4.45. The highest BCUT2D eigenvalue weighted by Gasteiger charge is 2.09. The molecule has 3 aromatic rings. The first kappa shape index (κ1) is 20.2. The van der Waals surface area contributed by atoms with Crippen LogP contribution in [0.3, 0.4) is 0 Å². The fourth-order valence-corrected chi connectivity index (χ4v) is 2.63. The summed E-state index contributed by atoms with van der Waals surface area (Å²) in [5.74, 6) is 0.685. The average Bonchev–Trinajstić information content (AvgIpc) is 2.74. The maximum absolute atomic E-state index is 12.2. The number of amides is 2. The van der Waals surface area contributed by atoms with Gasteiger partial charge in [-0.3, -0.25) is 20.4 Å². The molecular weight excluding hydrogens is 368 g/mol. The number of carbonyl (C=O) groups excluding carboxylic acids is 2. The summed E-state index contributed by atoms with van der Waals surface area (Å²) in [7, 11) is 0. The van der Waals surface area contributed by atoms with Gasteiger partial charge >= 0.3 is 0 Å². The Kier molecular flexibility index (Phi) is 6.68. The molecule has 0 aliphatic carbocycles. The fourth-order valence-electron chi connectivity index (χ4n) is 2.63. The van der Waals surface area contributed by atoms with Gasteiger partial charge < -0.3 is 9.47 Å². The van der Waals surface area contributed by atoms with Gasteiger partial charge in [0, 0.05) is 5.56 Å². The van der Waals surface area contributed by atoms with Gasteiger partial charge in [0.05, 0.1) is 6.61 Å². The standard InChI is InChI=1S/C23H24N2O4/c1-16(2)14-28-20-9-5-8-19(13-20)23(27)25-24-22(26)15-29-21-11-10-17-6-3-4-7-18(17)12-21/h3-13,16H,14-15H2,1-2H3,(H,24,26)(H,25,27). The van der Waals surface area contributed by atoms with Gasteiger partial charge in [-0.05, 0) is 47.0 Å². The van der Waals surface area contributed by atoms with E-state index in [2.05, 4.69) is 10.9 Å². The number of rotatable bonds is 7. The number of carbonyl (C=O) groups is 2. The Morgan fingerprint density at radius 2 is 1.59 bits per heavy atom. The quantitative estimate of drug-likeness (QED) is 0.601. The van der Waals surface area contributed by atoms with Crippen LogP contribution in [0.4, 0.5) is 0 Å². The first-order valence-corrected chi connectivity index (χ1v) is 9.45. The molecule has 0 spiro atoms. The van der Waals surface area contributed by atoms with E-state index in [0.29, 0.717) is 29.6 Å². The zero-order chi connectivity index (χ0) is 20.6. The first-order chi connectivity index (χ1) is 14.0. The van der Waals surface area contributed by atoms with Gasteiger partial charge in [-0.25, -0.2) is 0 Å². The molecule has 0 heterocycles. The minimum atomic E-state index is -0.460. The van der Waals surface area contributed by atoms with Crippen molar-refractivity contribution in [1.29, 1.82) is 0 Å². The first-order valence-electron chi connectivity index (χ1n) is 9.45. The number of ether oxygens (including phenoxy) is 2. The zero-order valence-electron chi connectivity index (χ0n) is 16.5. The molecule has 0 saturated heterocycles. The fraction of sp³-hybridized carbons (Fsp3) is 0.217. The van der Waals surface area contributed by atoms with Gasteiger partial charge in [-0.2, -0.15) is 0 Å². The van der Waals surface area contributed by atoms with Crippen molar-refractivity contribution in [1.82, 2.24) is 10.9 Å². The Hall–Kier alpha value is -3.54. The second kappa shape index (κ2) is 9.59. The lowest BCUT2D eigenvalue weighted by Gasteiger charge is -2.11. The lowest BCUT2D eigenvalue weighted by molar-refractivity contribution is -0.123. The number of benzene rings is 3. The number of hydrogen-bond acceptors (Lipinski definition) is 4. The van der Waals surface area contributed by atoms with Crippen molar-refractivity contribution in [3.05, 3.63) is 72.3 Å². The molecular formula is C23H24N2O4. The van der Waals surface area contributed by atoms with E-state index < -0.39 is 11.8 Å². The van der Waals surface area contributed by atoms with E-state index in [4.69, 9.17) is 9.47 Å². The Morgan fingerprint density at radius 3 is 2.38 bits per heavy atom. The molecule has 0 aliphatic heterocycles. The number of hydrazine groups is 1. The summed E-state index contributed by atoms with van der Waals surface area (Å²) >= 11 is 0. The third kappa shape index (κ3) is 5.97. The van der Waals surface area contributed by atoms with Crippen molar-refractivity contribution in [3.63, 3.8) is 0 Å². The lowest BCUT2D eigenvalue weighted by Crippen LogP contribution is -2.43. The lowest BCUT2D eigenvalue weighted by atomic mass is 10.1. The molecule has 6 nitrogen and oxygen atoms in total. The minimum Gasteiger partial charge on any atom is -0.493 e. The van der Waals surface area contributed by atoms with Gasteiger partial charge in [0.15, 0.2) is 6.61 Å². The van der Waals surface area contributed by atoms with Gasteiger partial charge in [-0.1, -0.05) is 50.2 Å². The maximum Gasteiger partial charge on any atom is 0.276 e. The summed E-state index contributed by atoms with van der Waals surface area (Å²) in [5.41, 5.74) is 5.13. The molecule has 6 heteroatoms. The topological polar surface area (TPSA) is 76.7 Å². The summed E-state index contributed by atoms with van der Waals surface area (Å²) in [4.78, 5) is 24.2. The van der Waals surface area contributed by atoms with Crippen molar-refractivity contribution in [2.45, 2.75) is 13.8 Å². The second-order valence-corrected chi connectivity index (χ2v) is 7.03. The van der Waals surface area contributed by atoms with Gasteiger partial charge in [-0.15, -0.1) is 0 Å². The van der Waals surface area contributed by atoms with E-state index in [9.17, 15) is 9.59 Å². The number of hydrogen-bond donors (Lipinski definition) is 2. The summed E-state index contributed by atoms with van der Waals surface area (Å²) in [5, 5.41) is 2.12. The molecule has 2 N–H and O–H groups in total. The van der Waals surface area contributed by atoms with Crippen molar-refractivity contribution in [2.24, 2.45) is 5.92 Å². The summed E-state index contributed by atoms with van der Waals surface area (Å²) < 4.78 is 11.1. The highest BCUT2D eigenvalue weighted by Crippen LogP contribution is 2.20. The Bertz CT molecular complexity index is 1000. The van der Waals surface area contributed by atoms with E-state index in [0.717, 1.165) is 10.8 Å². The van der Waals surface area contributed by atoms with Crippen LogP contribution >= 0.6 is 0 Å². The zero-order valence-corrected chi connectivity index (χ0v) is 16.5. The Labute approximate surface area is 169 Å². The molecule has 0 saturated carbocycles. The second-order valence-electron chi connectivity index (χ2n) is 7.03. The normalized spacial score (nSPS) is 10.6. The SMILES string of the molecule is CC(C)COc1cccc(C(=O)NNC(=O)COc2ccc3ccccc3c2)c1. The van der Waals surface area contributed by atoms with Crippen molar-refractivity contribution in [2.75, 3.05) is 13.2 Å². The van der Waals surface area contributed by atoms with E-state index >= 15 is 0 Å². The van der Waals surface area contributed by atoms with Gasteiger partial charge in [0.25, 0.3) is 11.8 Å². The van der Waals surface area contributed by atoms with E-state index in [-0.39, 0.29) is 6.61 Å². The number of fused-ring (bicyclic) bond motifs is 1. The third-order valence-corrected chi connectivity index (χ3v) is 4.09. The van der Waals surface area contributed by atoms with Crippen LogP contribution in [0.5, 0.6) is 11.5 Å². The molecule has 3 rings (SSSR count). The summed E-state index contributed by atoms with van der Waals surface area (Å²) in [6, 6.07) is 20.3. The van der Waals surface area contributed by atoms with Crippen molar-refractivity contribution >= 4 is 22.6 Å². The van der Waals surface area contributed by atoms with Crippen LogP contribution in [0, 0.1) is 5.92 Å². The van der Waals surface area contributed by atoms with Gasteiger partial charge in [0.2, 0.25) is 0 Å². The molecule has 0 bridgehead atoms. The van der Waals surface area contributed by atoms with E-state index in [1.165, 1.54) is 0 Å². The Balaban J connectivity index is 1.48. The minimum absolute atomic E-state index is 0.212. The van der Waals surface area contributed by atoms with E-state index in [1.54, 1.807) is 30.3 Å². The molecule has 0 aliphatic rings. The van der Waals surface area contributed by atoms with Crippen LogP contribution in [0.2, 0.25) is 0 Å². The average molecular weight is 392 g/mol. The van der Waals surface area contributed by atoms with Crippen LogP contribution < -0.4 is 20.3 Å². The molecule has 0 atom stereocenters. The predicted molar refractivity (Wildman–Crippen MR) is 112 cm³/mol. The highest BCUT2D eigenvalue weighted by atomic mass is 16.5. The summed E-state index contributed by atoms with van der Waals surface area (Å²) in [6.07, 6.45) is 0.